The SMILES string of the molecule is CSc1sc(C(=O)CCC2CCCOc3ccc(CN)cc3CCC2)cc1-c1cccc([B]O)c1. The third-order valence-corrected chi connectivity index (χ3v) is 9.03. The van der Waals surface area contributed by atoms with E-state index in [1.165, 1.54) is 5.56 Å². The molecule has 0 spiro atoms. The molecule has 3 N–H and O–H groups in total. The van der Waals surface area contributed by atoms with Crippen LogP contribution >= 0.6 is 23.1 Å². The largest absolute Gasteiger partial charge is 0.493 e. The van der Waals surface area contributed by atoms with Crippen LogP contribution in [0, 0.1) is 5.92 Å². The van der Waals surface area contributed by atoms with Crippen molar-refractivity contribution in [2.24, 2.45) is 11.7 Å². The third kappa shape index (κ3) is 6.79. The van der Waals surface area contributed by atoms with E-state index in [4.69, 9.17) is 10.5 Å². The molecule has 4 rings (SSSR count). The number of rotatable bonds is 8. The quantitative estimate of drug-likeness (QED) is 0.236. The lowest BCUT2D eigenvalue weighted by Crippen LogP contribution is -2.12. The van der Waals surface area contributed by atoms with Gasteiger partial charge in [0.2, 0.25) is 0 Å². The maximum atomic E-state index is 13.2. The van der Waals surface area contributed by atoms with Gasteiger partial charge >= 0.3 is 7.48 Å². The maximum absolute atomic E-state index is 13.2. The fourth-order valence-electron chi connectivity index (χ4n) is 4.77. The summed E-state index contributed by atoms with van der Waals surface area (Å²) in [7, 11) is 1.11. The topological polar surface area (TPSA) is 72.5 Å². The van der Waals surface area contributed by atoms with Gasteiger partial charge in [-0.2, -0.15) is 0 Å². The van der Waals surface area contributed by atoms with Crippen LogP contribution in [0.4, 0.5) is 0 Å². The Morgan fingerprint density at radius 1 is 1.20 bits per heavy atom. The first kappa shape index (κ1) is 26.0. The molecule has 3 aromatic rings. The molecule has 35 heavy (non-hydrogen) atoms. The molecule has 0 saturated heterocycles. The summed E-state index contributed by atoms with van der Waals surface area (Å²) in [4.78, 5) is 14.0. The number of aryl methyl sites for hydroxylation is 1. The van der Waals surface area contributed by atoms with Crippen LogP contribution in [0.15, 0.2) is 52.7 Å². The van der Waals surface area contributed by atoms with Crippen LogP contribution < -0.4 is 15.9 Å². The van der Waals surface area contributed by atoms with Crippen molar-refractivity contribution >= 4 is 41.8 Å². The standard InChI is InChI=1S/C28H33BNO3S2/c1-34-28-24(21-7-3-9-23(16-21)29-32)17-27(35-28)25(31)12-10-19-5-2-8-22-15-20(18-30)11-13-26(22)33-14-4-6-19/h3,7,9,11,13,15-17,19,32H,2,4-6,8,10,12,14,18,30H2,1H3. The molecule has 1 unspecified atom stereocenters. The summed E-state index contributed by atoms with van der Waals surface area (Å²) in [5.74, 6) is 1.77. The molecule has 0 fully saturated rings. The Hall–Kier alpha value is -2.06. The zero-order chi connectivity index (χ0) is 24.6. The average molecular weight is 507 g/mol. The molecule has 1 aromatic heterocycles. The molecule has 0 saturated carbocycles. The highest BCUT2D eigenvalue weighted by atomic mass is 32.2. The van der Waals surface area contributed by atoms with Crippen molar-refractivity contribution in [1.29, 1.82) is 0 Å². The Kier molecular flexibility index (Phi) is 9.49. The molecule has 1 atom stereocenters. The van der Waals surface area contributed by atoms with Crippen molar-refractivity contribution in [1.82, 2.24) is 0 Å². The summed E-state index contributed by atoms with van der Waals surface area (Å²) in [6, 6.07) is 16.1. The van der Waals surface area contributed by atoms with Gasteiger partial charge in [-0.1, -0.05) is 48.3 Å². The molecule has 1 radical (unpaired) electrons. The minimum absolute atomic E-state index is 0.229. The second-order valence-electron chi connectivity index (χ2n) is 9.13. The van der Waals surface area contributed by atoms with Crippen LogP contribution in [0.1, 0.15) is 59.3 Å². The Labute approximate surface area is 217 Å². The highest BCUT2D eigenvalue weighted by molar-refractivity contribution is 8.00. The summed E-state index contributed by atoms with van der Waals surface area (Å²) in [5, 5.41) is 9.37. The predicted octanol–water partition coefficient (Wildman–Crippen LogP) is 5.61. The highest BCUT2D eigenvalue weighted by Gasteiger charge is 2.19. The molecule has 2 heterocycles. The lowest BCUT2D eigenvalue weighted by molar-refractivity contribution is 0.0975. The van der Waals surface area contributed by atoms with Gasteiger partial charge < -0.3 is 15.5 Å². The van der Waals surface area contributed by atoms with Crippen molar-refractivity contribution in [3.05, 3.63) is 64.5 Å². The van der Waals surface area contributed by atoms with Crippen molar-refractivity contribution in [2.75, 3.05) is 12.9 Å². The smallest absolute Gasteiger partial charge is 0.326 e. The number of carbonyl (C=O) groups excluding carboxylic acids is 1. The summed E-state index contributed by atoms with van der Waals surface area (Å²) < 4.78 is 7.20. The van der Waals surface area contributed by atoms with Crippen LogP contribution in [-0.4, -0.2) is 31.2 Å². The van der Waals surface area contributed by atoms with Gasteiger partial charge in [0.15, 0.2) is 5.78 Å². The van der Waals surface area contributed by atoms with E-state index >= 15 is 0 Å². The van der Waals surface area contributed by atoms with Gasteiger partial charge in [-0.05, 0) is 73.1 Å². The summed E-state index contributed by atoms with van der Waals surface area (Å²) in [6.07, 6.45) is 8.88. The van der Waals surface area contributed by atoms with Gasteiger partial charge in [0.05, 0.1) is 15.7 Å². The van der Waals surface area contributed by atoms with Gasteiger partial charge in [0.1, 0.15) is 5.75 Å². The van der Waals surface area contributed by atoms with Crippen molar-refractivity contribution in [2.45, 2.75) is 55.7 Å². The number of thioether (sulfide) groups is 1. The molecule has 1 aliphatic heterocycles. The van der Waals surface area contributed by atoms with Crippen molar-refractivity contribution in [3.8, 4) is 16.9 Å². The van der Waals surface area contributed by atoms with Crippen LogP contribution in [0.5, 0.6) is 5.75 Å². The second-order valence-corrected chi connectivity index (χ2v) is 11.3. The van der Waals surface area contributed by atoms with E-state index in [1.54, 1.807) is 23.1 Å². The van der Waals surface area contributed by atoms with E-state index in [1.807, 2.05) is 36.6 Å². The fourth-order valence-corrected chi connectivity index (χ4v) is 6.65. The molecule has 183 valence electrons. The Bertz CT molecular complexity index is 1150. The lowest BCUT2D eigenvalue weighted by atomic mass is 9.87. The molecule has 4 nitrogen and oxygen atoms in total. The van der Waals surface area contributed by atoms with Gasteiger partial charge in [0, 0.05) is 18.5 Å². The number of hydrogen-bond donors (Lipinski definition) is 2. The first-order chi connectivity index (χ1) is 17.1. The number of benzene rings is 2. The van der Waals surface area contributed by atoms with E-state index in [0.29, 0.717) is 18.9 Å². The summed E-state index contributed by atoms with van der Waals surface area (Å²) in [6.45, 7) is 1.27. The number of fused-ring (bicyclic) bond motifs is 1. The molecule has 0 amide bonds. The molecular formula is C28H33BNO3S2. The minimum Gasteiger partial charge on any atom is -0.493 e. The van der Waals surface area contributed by atoms with E-state index in [-0.39, 0.29) is 5.78 Å². The van der Waals surface area contributed by atoms with Gasteiger partial charge in [-0.25, -0.2) is 0 Å². The number of ether oxygens (including phenoxy) is 1. The van der Waals surface area contributed by atoms with Crippen LogP contribution in [-0.2, 0) is 13.0 Å². The maximum Gasteiger partial charge on any atom is 0.326 e. The summed E-state index contributed by atoms with van der Waals surface area (Å²) >= 11 is 3.25. The molecular weight excluding hydrogens is 473 g/mol. The monoisotopic (exact) mass is 506 g/mol. The first-order valence-corrected chi connectivity index (χ1v) is 14.4. The third-order valence-electron chi connectivity index (χ3n) is 6.72. The van der Waals surface area contributed by atoms with Gasteiger partial charge in [-0.15, -0.1) is 23.1 Å². The first-order valence-electron chi connectivity index (χ1n) is 12.3. The van der Waals surface area contributed by atoms with Crippen LogP contribution in [0.25, 0.3) is 11.1 Å². The fraction of sp³-hybridized carbons (Fsp3) is 0.393. The molecule has 7 heteroatoms. The van der Waals surface area contributed by atoms with Crippen molar-refractivity contribution in [3.63, 3.8) is 0 Å². The van der Waals surface area contributed by atoms with Gasteiger partial charge in [0.25, 0.3) is 0 Å². The van der Waals surface area contributed by atoms with Crippen LogP contribution in [0.3, 0.4) is 0 Å². The van der Waals surface area contributed by atoms with E-state index in [0.717, 1.165) is 89.6 Å². The average Bonchev–Trinajstić information content (AvgIpc) is 3.34. The second kappa shape index (κ2) is 12.8. The number of ketones is 1. The lowest BCUT2D eigenvalue weighted by Gasteiger charge is -2.20. The number of Topliss-reactive ketones (excluding diaryl/α,β-unsaturated/α-hetero) is 1. The number of thiophene rings is 1. The van der Waals surface area contributed by atoms with E-state index in [2.05, 4.69) is 18.2 Å². The van der Waals surface area contributed by atoms with Crippen molar-refractivity contribution < 1.29 is 14.6 Å². The molecule has 2 aromatic carbocycles. The Balaban J connectivity index is 1.38. The predicted molar refractivity (Wildman–Crippen MR) is 148 cm³/mol. The van der Waals surface area contributed by atoms with E-state index in [9.17, 15) is 9.82 Å². The number of hydrogen-bond acceptors (Lipinski definition) is 6. The van der Waals surface area contributed by atoms with E-state index < -0.39 is 0 Å². The number of nitrogens with two attached hydrogens (primary N) is 1. The normalized spacial score (nSPS) is 16.3. The number of carbonyl (C=O) groups is 1. The highest BCUT2D eigenvalue weighted by Crippen LogP contribution is 2.38. The molecule has 1 aliphatic rings. The van der Waals surface area contributed by atoms with Crippen LogP contribution in [0.2, 0.25) is 0 Å². The molecule has 0 bridgehead atoms. The Morgan fingerprint density at radius 2 is 2.06 bits per heavy atom. The zero-order valence-electron chi connectivity index (χ0n) is 20.3. The minimum atomic E-state index is 0.229. The van der Waals surface area contributed by atoms with Gasteiger partial charge in [-0.3, -0.25) is 4.79 Å². The zero-order valence-corrected chi connectivity index (χ0v) is 21.9. The molecule has 0 aliphatic carbocycles. The Morgan fingerprint density at radius 3 is 2.86 bits per heavy atom. The summed E-state index contributed by atoms with van der Waals surface area (Å²) in [5.41, 5.74) is 11.1.